The van der Waals surface area contributed by atoms with Gasteiger partial charge in [0.15, 0.2) is 5.82 Å². The molecular formula is C22H26N4O. The van der Waals surface area contributed by atoms with E-state index >= 15 is 0 Å². The molecule has 1 saturated heterocycles. The Morgan fingerprint density at radius 1 is 1.04 bits per heavy atom. The van der Waals surface area contributed by atoms with E-state index in [-0.39, 0.29) is 11.8 Å². The molecule has 2 fully saturated rings. The number of anilines is 1. The van der Waals surface area contributed by atoms with E-state index < -0.39 is 0 Å². The lowest BCUT2D eigenvalue weighted by atomic mass is 9.96. The molecule has 1 amide bonds. The molecule has 2 heterocycles. The maximum atomic E-state index is 12.6. The Balaban J connectivity index is 1.44. The molecule has 5 rings (SSSR count). The van der Waals surface area contributed by atoms with Crippen LogP contribution in [0.25, 0.3) is 11.4 Å². The number of hydrogen-bond donors (Lipinski definition) is 1. The van der Waals surface area contributed by atoms with E-state index in [0.717, 1.165) is 75.2 Å². The summed E-state index contributed by atoms with van der Waals surface area (Å²) >= 11 is 0. The zero-order chi connectivity index (χ0) is 18.2. The lowest BCUT2D eigenvalue weighted by Gasteiger charge is -2.34. The average Bonchev–Trinajstić information content (AvgIpc) is 3.40. The van der Waals surface area contributed by atoms with Gasteiger partial charge in [0.05, 0.1) is 5.92 Å². The van der Waals surface area contributed by atoms with Crippen LogP contribution in [0.2, 0.25) is 0 Å². The third-order valence-electron chi connectivity index (χ3n) is 5.96. The van der Waals surface area contributed by atoms with E-state index in [1.165, 1.54) is 11.3 Å². The minimum absolute atomic E-state index is 0.0755. The van der Waals surface area contributed by atoms with E-state index in [9.17, 15) is 4.79 Å². The topological polar surface area (TPSA) is 58.1 Å². The van der Waals surface area contributed by atoms with Crippen molar-refractivity contribution in [3.63, 3.8) is 0 Å². The van der Waals surface area contributed by atoms with E-state index in [2.05, 4.69) is 22.3 Å². The molecule has 5 nitrogen and oxygen atoms in total. The zero-order valence-electron chi connectivity index (χ0n) is 15.7. The fourth-order valence-corrected chi connectivity index (χ4v) is 4.32. The van der Waals surface area contributed by atoms with Crippen LogP contribution in [0.15, 0.2) is 30.3 Å². The van der Waals surface area contributed by atoms with Crippen LogP contribution < -0.4 is 10.2 Å². The minimum atomic E-state index is 0.0755. The molecule has 1 aromatic carbocycles. The number of nitrogens with one attached hydrogen (secondary N) is 1. The third kappa shape index (κ3) is 3.43. The fourth-order valence-electron chi connectivity index (χ4n) is 4.32. The van der Waals surface area contributed by atoms with Crippen molar-refractivity contribution in [1.29, 1.82) is 0 Å². The average molecular weight is 362 g/mol. The Morgan fingerprint density at radius 2 is 1.89 bits per heavy atom. The first-order valence-electron chi connectivity index (χ1n) is 10.3. The van der Waals surface area contributed by atoms with Crippen LogP contribution in [0.1, 0.15) is 43.4 Å². The van der Waals surface area contributed by atoms with Crippen LogP contribution in [0.3, 0.4) is 0 Å². The highest BCUT2D eigenvalue weighted by molar-refractivity contribution is 5.80. The Morgan fingerprint density at radius 3 is 2.70 bits per heavy atom. The van der Waals surface area contributed by atoms with Gasteiger partial charge < -0.3 is 10.2 Å². The number of benzene rings is 1. The lowest BCUT2D eigenvalue weighted by molar-refractivity contribution is -0.125. The van der Waals surface area contributed by atoms with Gasteiger partial charge >= 0.3 is 0 Å². The van der Waals surface area contributed by atoms with Gasteiger partial charge in [0, 0.05) is 36.0 Å². The van der Waals surface area contributed by atoms with Crippen molar-refractivity contribution >= 4 is 11.7 Å². The molecule has 1 N–H and O–H groups in total. The second-order valence-electron chi connectivity index (χ2n) is 8.08. The fraction of sp³-hybridized carbons (Fsp3) is 0.500. The maximum absolute atomic E-state index is 12.6. The van der Waals surface area contributed by atoms with Gasteiger partial charge in [0.2, 0.25) is 5.91 Å². The maximum Gasteiger partial charge on any atom is 0.225 e. The molecule has 1 aromatic heterocycles. The normalized spacial score (nSPS) is 21.8. The smallest absolute Gasteiger partial charge is 0.225 e. The van der Waals surface area contributed by atoms with Gasteiger partial charge in [-0.2, -0.15) is 0 Å². The molecule has 2 aliphatic carbocycles. The molecule has 1 unspecified atom stereocenters. The number of rotatable bonds is 4. The minimum Gasteiger partial charge on any atom is -0.355 e. The number of nitrogens with zero attached hydrogens (tertiary/aromatic N) is 3. The number of piperidine rings is 1. The van der Waals surface area contributed by atoms with Gasteiger partial charge in [0.1, 0.15) is 5.82 Å². The molecule has 0 radical (unpaired) electrons. The quantitative estimate of drug-likeness (QED) is 0.908. The summed E-state index contributed by atoms with van der Waals surface area (Å²) in [6.45, 7) is 1.75. The van der Waals surface area contributed by atoms with Crippen LogP contribution in [0, 0.1) is 5.92 Å². The highest BCUT2D eigenvalue weighted by atomic mass is 16.2. The number of aryl methyl sites for hydroxylation is 1. The summed E-state index contributed by atoms with van der Waals surface area (Å²) in [4.78, 5) is 24.8. The van der Waals surface area contributed by atoms with Crippen molar-refractivity contribution in [3.05, 3.63) is 41.6 Å². The van der Waals surface area contributed by atoms with Crippen LogP contribution in [-0.4, -0.2) is 35.0 Å². The van der Waals surface area contributed by atoms with Crippen LogP contribution in [-0.2, 0) is 17.6 Å². The summed E-state index contributed by atoms with van der Waals surface area (Å²) < 4.78 is 0. The first kappa shape index (κ1) is 16.7. The Bertz CT molecular complexity index is 847. The van der Waals surface area contributed by atoms with Crippen molar-refractivity contribution in [2.45, 2.75) is 51.0 Å². The van der Waals surface area contributed by atoms with Crippen molar-refractivity contribution in [3.8, 4) is 11.4 Å². The Hall–Kier alpha value is -2.43. The highest BCUT2D eigenvalue weighted by Crippen LogP contribution is 2.33. The molecule has 1 aliphatic heterocycles. The highest BCUT2D eigenvalue weighted by Gasteiger charge is 2.32. The molecule has 3 aliphatic rings. The summed E-state index contributed by atoms with van der Waals surface area (Å²) in [5.41, 5.74) is 3.56. The number of aromatic nitrogens is 2. The molecule has 1 atom stereocenters. The summed E-state index contributed by atoms with van der Waals surface area (Å²) in [5, 5.41) is 3.19. The molecule has 2 aromatic rings. The number of carbonyl (C=O) groups is 1. The Kier molecular flexibility index (Phi) is 4.30. The van der Waals surface area contributed by atoms with E-state index in [4.69, 9.17) is 9.97 Å². The van der Waals surface area contributed by atoms with Crippen molar-refractivity contribution in [2.75, 3.05) is 18.0 Å². The number of hydrogen-bond acceptors (Lipinski definition) is 4. The summed E-state index contributed by atoms with van der Waals surface area (Å²) in [5.74, 6) is 2.19. The molecular weight excluding hydrogens is 336 g/mol. The summed E-state index contributed by atoms with van der Waals surface area (Å²) in [7, 11) is 0. The van der Waals surface area contributed by atoms with Crippen molar-refractivity contribution < 1.29 is 4.79 Å². The second kappa shape index (κ2) is 6.95. The van der Waals surface area contributed by atoms with Crippen LogP contribution in [0.4, 0.5) is 5.82 Å². The van der Waals surface area contributed by atoms with E-state index in [1.54, 1.807) is 0 Å². The first-order valence-corrected chi connectivity index (χ1v) is 10.3. The van der Waals surface area contributed by atoms with Crippen molar-refractivity contribution in [2.24, 2.45) is 5.92 Å². The van der Waals surface area contributed by atoms with Gasteiger partial charge in [-0.15, -0.1) is 0 Å². The molecule has 140 valence electrons. The first-order chi connectivity index (χ1) is 13.3. The summed E-state index contributed by atoms with van der Waals surface area (Å²) in [6.07, 6.45) is 7.54. The predicted octanol–water partition coefficient (Wildman–Crippen LogP) is 3.13. The SMILES string of the molecule is O=C(NC1CC1)C1CCCN(c2nc(-c3ccccc3)nc3c2CCC3)C1. The van der Waals surface area contributed by atoms with Gasteiger partial charge in [-0.1, -0.05) is 30.3 Å². The number of carbonyl (C=O) groups excluding carboxylic acids is 1. The van der Waals surface area contributed by atoms with Gasteiger partial charge in [-0.25, -0.2) is 9.97 Å². The second-order valence-corrected chi connectivity index (χ2v) is 8.08. The van der Waals surface area contributed by atoms with E-state index in [0.29, 0.717) is 6.04 Å². The predicted molar refractivity (Wildman–Crippen MR) is 106 cm³/mol. The number of fused-ring (bicyclic) bond motifs is 1. The third-order valence-corrected chi connectivity index (χ3v) is 5.96. The van der Waals surface area contributed by atoms with Crippen LogP contribution >= 0.6 is 0 Å². The van der Waals surface area contributed by atoms with Gasteiger partial charge in [0.25, 0.3) is 0 Å². The largest absolute Gasteiger partial charge is 0.355 e. The van der Waals surface area contributed by atoms with Crippen LogP contribution in [0.5, 0.6) is 0 Å². The molecule has 0 spiro atoms. The van der Waals surface area contributed by atoms with Gasteiger partial charge in [-0.05, 0) is 44.9 Å². The Labute approximate surface area is 160 Å². The van der Waals surface area contributed by atoms with E-state index in [1.807, 2.05) is 18.2 Å². The molecule has 1 saturated carbocycles. The monoisotopic (exact) mass is 362 g/mol. The van der Waals surface area contributed by atoms with Gasteiger partial charge in [-0.3, -0.25) is 4.79 Å². The number of amides is 1. The molecule has 5 heteroatoms. The summed E-state index contributed by atoms with van der Waals surface area (Å²) in [6, 6.07) is 10.7. The van der Waals surface area contributed by atoms with Crippen molar-refractivity contribution in [1.82, 2.24) is 15.3 Å². The molecule has 0 bridgehead atoms. The zero-order valence-corrected chi connectivity index (χ0v) is 15.7. The standard InChI is InChI=1S/C22H26N4O/c27-22(23-17-11-12-17)16-8-5-13-26(14-16)21-18-9-4-10-19(18)24-20(25-21)15-6-2-1-3-7-15/h1-3,6-7,16-17H,4-5,8-14H2,(H,23,27). The molecule has 27 heavy (non-hydrogen) atoms. The lowest BCUT2D eigenvalue weighted by Crippen LogP contribution is -2.44.